The quantitative estimate of drug-likeness (QED) is 0.197. The van der Waals surface area contributed by atoms with E-state index in [1.165, 1.54) is 42.5 Å². The Labute approximate surface area is 219 Å². The lowest BCUT2D eigenvalue weighted by Gasteiger charge is -2.20. The molecule has 0 amide bonds. The summed E-state index contributed by atoms with van der Waals surface area (Å²) in [5, 5.41) is 11.7. The highest BCUT2D eigenvalue weighted by atomic mass is 32.2. The number of aliphatic hydroxyl groups excluding tert-OH is 1. The van der Waals surface area contributed by atoms with Crippen LogP contribution in [0, 0.1) is 5.82 Å². The van der Waals surface area contributed by atoms with Crippen molar-refractivity contribution in [3.8, 4) is 5.75 Å². The van der Waals surface area contributed by atoms with Crippen molar-refractivity contribution in [1.82, 2.24) is 0 Å². The standard InChI is InChI=1S/C25H19F10NO2S/c26-19-11-16(23(27,28)29)8-7-15(19)10-18-20(36-12-22(37)24(30,31)32)5-2-6-21(18)38-13-14-3-1-4-17(9-14)39-25(33,34)35/h1-9,11,22,36-37H,10,12-13H2/t22-/m1/s1. The first-order valence-electron chi connectivity index (χ1n) is 11.0. The molecule has 0 aliphatic heterocycles. The number of halogens is 10. The average Bonchev–Trinajstić information content (AvgIpc) is 2.81. The zero-order valence-corrected chi connectivity index (χ0v) is 20.3. The highest BCUT2D eigenvalue weighted by Gasteiger charge is 2.38. The molecular weight excluding hydrogens is 568 g/mol. The fraction of sp³-hybridized carbons (Fsp3) is 0.280. The van der Waals surface area contributed by atoms with Crippen LogP contribution in [0.5, 0.6) is 5.75 Å². The number of ether oxygens (including phenoxy) is 1. The molecular formula is C25H19F10NO2S. The lowest BCUT2D eigenvalue weighted by atomic mass is 10.00. The van der Waals surface area contributed by atoms with Gasteiger partial charge in [-0.15, -0.1) is 0 Å². The van der Waals surface area contributed by atoms with Crippen LogP contribution in [0.1, 0.15) is 22.3 Å². The van der Waals surface area contributed by atoms with Gasteiger partial charge in [-0.1, -0.05) is 24.3 Å². The number of anilines is 1. The topological polar surface area (TPSA) is 41.5 Å². The molecule has 0 heterocycles. The van der Waals surface area contributed by atoms with Gasteiger partial charge in [0.05, 0.1) is 5.56 Å². The minimum absolute atomic E-state index is 0.0188. The number of nitrogens with one attached hydrogen (secondary N) is 1. The molecule has 0 aromatic heterocycles. The fourth-order valence-electron chi connectivity index (χ4n) is 3.42. The van der Waals surface area contributed by atoms with Crippen LogP contribution in [0.15, 0.2) is 65.6 Å². The zero-order chi connectivity index (χ0) is 29.0. The third kappa shape index (κ3) is 8.95. The van der Waals surface area contributed by atoms with Gasteiger partial charge in [-0.05, 0) is 59.3 Å². The summed E-state index contributed by atoms with van der Waals surface area (Å²) in [6.07, 6.45) is -12.9. The third-order valence-electron chi connectivity index (χ3n) is 5.27. The Morgan fingerprint density at radius 3 is 2.18 bits per heavy atom. The van der Waals surface area contributed by atoms with Gasteiger partial charge in [0, 0.05) is 29.1 Å². The van der Waals surface area contributed by atoms with E-state index >= 15 is 0 Å². The summed E-state index contributed by atoms with van der Waals surface area (Å²) in [6.45, 7) is -1.28. The van der Waals surface area contributed by atoms with Crippen molar-refractivity contribution in [3.05, 3.63) is 88.7 Å². The number of hydrogen-bond donors (Lipinski definition) is 2. The zero-order valence-electron chi connectivity index (χ0n) is 19.5. The first-order valence-corrected chi connectivity index (χ1v) is 11.8. The largest absolute Gasteiger partial charge is 0.489 e. The van der Waals surface area contributed by atoms with E-state index in [0.717, 1.165) is 6.07 Å². The Morgan fingerprint density at radius 2 is 1.56 bits per heavy atom. The molecule has 0 radical (unpaired) electrons. The van der Waals surface area contributed by atoms with Crippen molar-refractivity contribution in [2.75, 3.05) is 11.9 Å². The van der Waals surface area contributed by atoms with E-state index in [-0.39, 0.29) is 51.9 Å². The first kappa shape index (κ1) is 30.4. The van der Waals surface area contributed by atoms with Crippen LogP contribution in [-0.2, 0) is 19.2 Å². The Morgan fingerprint density at radius 1 is 0.872 bits per heavy atom. The minimum atomic E-state index is -4.94. The Hall–Kier alpha value is -3.13. The Balaban J connectivity index is 1.91. The lowest BCUT2D eigenvalue weighted by molar-refractivity contribution is -0.198. The van der Waals surface area contributed by atoms with Crippen molar-refractivity contribution in [2.45, 2.75) is 41.9 Å². The van der Waals surface area contributed by atoms with Gasteiger partial charge in [0.2, 0.25) is 0 Å². The summed E-state index contributed by atoms with van der Waals surface area (Å²) < 4.78 is 136. The van der Waals surface area contributed by atoms with Gasteiger partial charge >= 0.3 is 17.9 Å². The van der Waals surface area contributed by atoms with E-state index in [1.807, 2.05) is 0 Å². The molecule has 212 valence electrons. The molecule has 2 N–H and O–H groups in total. The molecule has 3 rings (SSSR count). The van der Waals surface area contributed by atoms with Crippen molar-refractivity contribution in [1.29, 1.82) is 0 Å². The van der Waals surface area contributed by atoms with E-state index in [0.29, 0.717) is 11.6 Å². The lowest BCUT2D eigenvalue weighted by Crippen LogP contribution is -2.35. The molecule has 1 atom stereocenters. The highest BCUT2D eigenvalue weighted by Crippen LogP contribution is 2.38. The van der Waals surface area contributed by atoms with Gasteiger partial charge in [0.25, 0.3) is 0 Å². The summed E-state index contributed by atoms with van der Waals surface area (Å²) in [5.74, 6) is -1.24. The number of alkyl halides is 9. The van der Waals surface area contributed by atoms with Gasteiger partial charge in [-0.3, -0.25) is 0 Å². The Bertz CT molecular complexity index is 1270. The number of hydrogen-bond acceptors (Lipinski definition) is 4. The number of thioether (sulfide) groups is 1. The van der Waals surface area contributed by atoms with E-state index in [2.05, 4.69) is 5.32 Å². The molecule has 0 unspecified atom stereocenters. The van der Waals surface area contributed by atoms with E-state index in [9.17, 15) is 49.0 Å². The molecule has 39 heavy (non-hydrogen) atoms. The summed E-state index contributed by atoms with van der Waals surface area (Å²) in [6, 6.07) is 11.1. The average molecular weight is 587 g/mol. The maximum Gasteiger partial charge on any atom is 0.446 e. The van der Waals surface area contributed by atoms with Crippen LogP contribution in [0.25, 0.3) is 0 Å². The van der Waals surface area contributed by atoms with Crippen molar-refractivity contribution < 1.29 is 53.7 Å². The predicted molar refractivity (Wildman–Crippen MR) is 124 cm³/mol. The minimum Gasteiger partial charge on any atom is -0.489 e. The second-order valence-electron chi connectivity index (χ2n) is 8.19. The van der Waals surface area contributed by atoms with Gasteiger partial charge < -0.3 is 15.2 Å². The van der Waals surface area contributed by atoms with E-state index in [4.69, 9.17) is 4.74 Å². The molecule has 3 nitrogen and oxygen atoms in total. The normalized spacial score (nSPS) is 13.3. The van der Waals surface area contributed by atoms with Crippen molar-refractivity contribution in [2.24, 2.45) is 0 Å². The SMILES string of the molecule is O[C@H](CNc1cccc(OCc2cccc(SC(F)(F)F)c2)c1Cc1ccc(C(F)(F)F)cc1F)C(F)(F)F. The van der Waals surface area contributed by atoms with Gasteiger partial charge in [0.1, 0.15) is 18.2 Å². The van der Waals surface area contributed by atoms with Gasteiger partial charge in [-0.25, -0.2) is 4.39 Å². The molecule has 0 saturated carbocycles. The van der Waals surface area contributed by atoms with E-state index < -0.39 is 48.3 Å². The monoisotopic (exact) mass is 587 g/mol. The van der Waals surface area contributed by atoms with Crippen LogP contribution in [0.3, 0.4) is 0 Å². The molecule has 0 spiro atoms. The van der Waals surface area contributed by atoms with Crippen molar-refractivity contribution >= 4 is 17.4 Å². The highest BCUT2D eigenvalue weighted by molar-refractivity contribution is 8.00. The second kappa shape index (κ2) is 11.9. The molecule has 0 saturated heterocycles. The molecule has 3 aromatic rings. The van der Waals surface area contributed by atoms with E-state index in [1.54, 1.807) is 0 Å². The van der Waals surface area contributed by atoms with Crippen LogP contribution in [0.2, 0.25) is 0 Å². The predicted octanol–water partition coefficient (Wildman–Crippen LogP) is 7.96. The second-order valence-corrected chi connectivity index (χ2v) is 9.32. The van der Waals surface area contributed by atoms with Gasteiger partial charge in [-0.2, -0.15) is 39.5 Å². The van der Waals surface area contributed by atoms with Crippen LogP contribution in [-0.4, -0.2) is 29.4 Å². The number of benzene rings is 3. The molecule has 3 aromatic carbocycles. The Kier molecular flexibility index (Phi) is 9.31. The van der Waals surface area contributed by atoms with Gasteiger partial charge in [0.15, 0.2) is 6.10 Å². The smallest absolute Gasteiger partial charge is 0.446 e. The van der Waals surface area contributed by atoms with Crippen LogP contribution >= 0.6 is 11.8 Å². The fourth-order valence-corrected chi connectivity index (χ4v) is 4.05. The van der Waals surface area contributed by atoms with Crippen LogP contribution < -0.4 is 10.1 Å². The summed E-state index contributed by atoms with van der Waals surface area (Å²) in [7, 11) is 0. The maximum absolute atomic E-state index is 14.6. The summed E-state index contributed by atoms with van der Waals surface area (Å²) in [4.78, 5) is -0.118. The molecule has 14 heteroatoms. The molecule has 0 fully saturated rings. The number of rotatable bonds is 9. The molecule has 0 aliphatic carbocycles. The summed E-state index contributed by atoms with van der Waals surface area (Å²) in [5.41, 5.74) is -5.68. The molecule has 0 aliphatic rings. The summed E-state index contributed by atoms with van der Waals surface area (Å²) >= 11 is -0.343. The third-order valence-corrected chi connectivity index (χ3v) is 5.99. The number of aliphatic hydroxyl groups is 1. The molecule has 0 bridgehead atoms. The first-order chi connectivity index (χ1) is 18.0. The maximum atomic E-state index is 14.6. The van der Waals surface area contributed by atoms with Crippen molar-refractivity contribution in [3.63, 3.8) is 0 Å². The van der Waals surface area contributed by atoms with Crippen LogP contribution in [0.4, 0.5) is 49.6 Å².